The maximum atomic E-state index is 10.2. The normalized spacial score (nSPS) is 10.6. The molecular weight excluding hydrogens is 386 g/mol. The summed E-state index contributed by atoms with van der Waals surface area (Å²) in [5, 5.41) is 5.19. The van der Waals surface area contributed by atoms with Gasteiger partial charge in [0.2, 0.25) is 0 Å². The van der Waals surface area contributed by atoms with E-state index in [-0.39, 0.29) is 6.42 Å². The van der Waals surface area contributed by atoms with Gasteiger partial charge < -0.3 is 24.7 Å². The van der Waals surface area contributed by atoms with Crippen LogP contribution in [0.5, 0.6) is 0 Å². The number of aliphatic carboxylic acids is 1. The van der Waals surface area contributed by atoms with Gasteiger partial charge in [-0.2, -0.15) is 0 Å². The number of rotatable bonds is 7. The molecule has 0 aliphatic carbocycles. The molecule has 0 rings (SSSR count). The second-order valence-electron chi connectivity index (χ2n) is 3.82. The number of hydrogen-bond donors (Lipinski definition) is 4. The van der Waals surface area contributed by atoms with Crippen LogP contribution >= 0.6 is 47.5 Å². The van der Waals surface area contributed by atoms with Crippen molar-refractivity contribution in [1.29, 1.82) is 0 Å². The number of nitrogens with zero attached hydrogens (tertiary/aromatic N) is 1. The van der Waals surface area contributed by atoms with Gasteiger partial charge in [0.1, 0.15) is 0 Å². The standard InChI is InChI=1S/C9H19NO2.Cl3OP.H3O3P/c1-3-4-5-7-10(2)8-6-9(11)12;1-5(2,3)4;1-4(2)3/h3-8H2,1-2H3,(H,11,12);;1-3H. The lowest BCUT2D eigenvalue weighted by molar-refractivity contribution is -0.137. The summed E-state index contributed by atoms with van der Waals surface area (Å²) in [5.41, 5.74) is 0. The third-order valence-corrected chi connectivity index (χ3v) is 1.85. The Bertz CT molecular complexity index is 282. The highest BCUT2D eigenvalue weighted by atomic mass is 36.0. The van der Waals surface area contributed by atoms with Crippen LogP contribution in [0.2, 0.25) is 0 Å². The summed E-state index contributed by atoms with van der Waals surface area (Å²) in [6, 6.07) is 0. The monoisotopic (exact) mass is 407 g/mol. The molecule has 0 saturated heterocycles. The van der Waals surface area contributed by atoms with Gasteiger partial charge in [-0.15, -0.1) is 0 Å². The van der Waals surface area contributed by atoms with Crippen LogP contribution in [0.4, 0.5) is 0 Å². The zero-order valence-corrected chi connectivity index (χ0v) is 15.9. The molecule has 0 amide bonds. The van der Waals surface area contributed by atoms with Crippen molar-refractivity contribution in [2.24, 2.45) is 0 Å². The van der Waals surface area contributed by atoms with Crippen molar-refractivity contribution in [2.75, 3.05) is 20.1 Å². The first-order valence-electron chi connectivity index (χ1n) is 5.86. The molecule has 0 aromatic carbocycles. The van der Waals surface area contributed by atoms with Crippen LogP contribution in [0.3, 0.4) is 0 Å². The van der Waals surface area contributed by atoms with Crippen molar-refractivity contribution >= 4 is 53.5 Å². The Balaban J connectivity index is -0.000000297. The van der Waals surface area contributed by atoms with E-state index in [4.69, 9.17) is 19.8 Å². The summed E-state index contributed by atoms with van der Waals surface area (Å²) in [4.78, 5) is 34.0. The predicted molar refractivity (Wildman–Crippen MR) is 88.0 cm³/mol. The zero-order chi connectivity index (χ0) is 17.5. The molecule has 0 heterocycles. The lowest BCUT2D eigenvalue weighted by Crippen LogP contribution is -2.22. The van der Waals surface area contributed by atoms with Gasteiger partial charge in [0.25, 0.3) is 0 Å². The molecule has 0 aliphatic heterocycles. The Labute approximate surface area is 140 Å². The molecule has 0 spiro atoms. The minimum Gasteiger partial charge on any atom is -0.481 e. The van der Waals surface area contributed by atoms with Gasteiger partial charge in [0.15, 0.2) is 0 Å². The second-order valence-corrected chi connectivity index (χ2v) is 11.0. The van der Waals surface area contributed by atoms with Crippen LogP contribution in [0, 0.1) is 0 Å². The van der Waals surface area contributed by atoms with E-state index in [0.29, 0.717) is 6.54 Å². The van der Waals surface area contributed by atoms with E-state index in [2.05, 4.69) is 45.5 Å². The molecule has 0 bridgehead atoms. The fraction of sp³-hybridized carbons (Fsp3) is 0.889. The summed E-state index contributed by atoms with van der Waals surface area (Å²) >= 11 is 13.8. The van der Waals surface area contributed by atoms with Crippen LogP contribution in [-0.4, -0.2) is 50.8 Å². The summed E-state index contributed by atoms with van der Waals surface area (Å²) in [5.74, 6) is -0.711. The largest absolute Gasteiger partial charge is 0.481 e. The first-order valence-corrected chi connectivity index (χ1v) is 11.5. The third-order valence-electron chi connectivity index (χ3n) is 1.85. The molecular formula is C9H22Cl3NO6P2. The molecule has 0 atom stereocenters. The summed E-state index contributed by atoms with van der Waals surface area (Å²) in [7, 11) is -0.650. The molecule has 130 valence electrons. The first kappa shape index (κ1) is 26.7. The van der Waals surface area contributed by atoms with Gasteiger partial charge in [-0.1, -0.05) is 19.8 Å². The van der Waals surface area contributed by atoms with E-state index in [9.17, 15) is 9.36 Å². The van der Waals surface area contributed by atoms with Crippen molar-refractivity contribution in [3.63, 3.8) is 0 Å². The maximum absolute atomic E-state index is 10.2. The van der Waals surface area contributed by atoms with E-state index in [1.54, 1.807) is 0 Å². The predicted octanol–water partition coefficient (Wildman–Crippen LogP) is 3.58. The Morgan fingerprint density at radius 2 is 1.52 bits per heavy atom. The van der Waals surface area contributed by atoms with E-state index in [1.165, 1.54) is 19.3 Å². The number of unbranched alkanes of at least 4 members (excludes halogenated alkanes) is 2. The summed E-state index contributed by atoms with van der Waals surface area (Å²) in [6.07, 6.45) is 3.87. The molecule has 0 saturated carbocycles. The quantitative estimate of drug-likeness (QED) is 0.375. The molecule has 0 radical (unpaired) electrons. The smallest absolute Gasteiger partial charge is 0.339 e. The summed E-state index contributed by atoms with van der Waals surface area (Å²) in [6.45, 7) is 3.84. The number of hydrogen-bond acceptors (Lipinski definition) is 6. The first-order chi connectivity index (χ1) is 9.40. The Morgan fingerprint density at radius 1 is 1.14 bits per heavy atom. The number of halogens is 3. The van der Waals surface area contributed by atoms with E-state index in [0.717, 1.165) is 6.54 Å². The molecule has 0 aromatic rings. The Hall–Kier alpha value is 0.840. The van der Waals surface area contributed by atoms with Crippen LogP contribution < -0.4 is 0 Å². The third kappa shape index (κ3) is 63.0. The van der Waals surface area contributed by atoms with Crippen LogP contribution in [-0.2, 0) is 9.36 Å². The molecule has 0 unspecified atom stereocenters. The highest BCUT2D eigenvalue weighted by molar-refractivity contribution is 8.24. The van der Waals surface area contributed by atoms with Crippen molar-refractivity contribution in [3.8, 4) is 0 Å². The van der Waals surface area contributed by atoms with E-state index >= 15 is 0 Å². The minimum atomic E-state index is -3.22. The molecule has 21 heavy (non-hydrogen) atoms. The SMILES string of the molecule is CCCCCN(C)CCC(=O)O.O=P(Cl)(Cl)Cl.OP(O)O. The molecule has 7 nitrogen and oxygen atoms in total. The van der Waals surface area contributed by atoms with Crippen LogP contribution in [0.25, 0.3) is 0 Å². The number of carboxylic acids is 1. The van der Waals surface area contributed by atoms with Crippen LogP contribution in [0.15, 0.2) is 0 Å². The van der Waals surface area contributed by atoms with Gasteiger partial charge in [0.05, 0.1) is 6.42 Å². The average Bonchev–Trinajstić information content (AvgIpc) is 2.23. The van der Waals surface area contributed by atoms with Crippen LogP contribution in [0.1, 0.15) is 32.6 Å². The van der Waals surface area contributed by atoms with Crippen molar-refractivity contribution in [2.45, 2.75) is 32.6 Å². The van der Waals surface area contributed by atoms with Gasteiger partial charge in [0, 0.05) is 6.54 Å². The number of carboxylic acid groups (broad SMARTS) is 1. The Kier molecular flexibility index (Phi) is 21.9. The topological polar surface area (TPSA) is 118 Å². The van der Waals surface area contributed by atoms with Crippen molar-refractivity contribution in [3.05, 3.63) is 0 Å². The summed E-state index contributed by atoms with van der Waals surface area (Å²) < 4.78 is 9.51. The highest BCUT2D eigenvalue weighted by Gasteiger charge is 2.03. The zero-order valence-electron chi connectivity index (χ0n) is 11.8. The fourth-order valence-corrected chi connectivity index (χ4v) is 1.03. The lowest BCUT2D eigenvalue weighted by Gasteiger charge is -2.14. The highest BCUT2D eigenvalue weighted by Crippen LogP contribution is 2.61. The molecule has 0 aliphatic rings. The lowest BCUT2D eigenvalue weighted by atomic mass is 10.2. The van der Waals surface area contributed by atoms with E-state index in [1.807, 2.05) is 7.05 Å². The maximum Gasteiger partial charge on any atom is 0.339 e. The number of carbonyl (C=O) groups is 1. The fourth-order valence-electron chi connectivity index (χ4n) is 1.03. The molecule has 0 fully saturated rings. The molecule has 12 heteroatoms. The molecule has 0 aromatic heterocycles. The van der Waals surface area contributed by atoms with Gasteiger partial charge in [-0.3, -0.25) is 9.36 Å². The van der Waals surface area contributed by atoms with Gasteiger partial charge in [-0.05, 0) is 53.7 Å². The molecule has 4 N–H and O–H groups in total. The van der Waals surface area contributed by atoms with Gasteiger partial charge in [-0.25, -0.2) is 0 Å². The Morgan fingerprint density at radius 3 is 1.81 bits per heavy atom. The van der Waals surface area contributed by atoms with Crippen molar-refractivity contribution in [1.82, 2.24) is 4.90 Å². The minimum absolute atomic E-state index is 0.253. The van der Waals surface area contributed by atoms with Crippen molar-refractivity contribution < 1.29 is 29.1 Å². The second kappa shape index (κ2) is 17.2. The van der Waals surface area contributed by atoms with E-state index < -0.39 is 19.8 Å². The van der Waals surface area contributed by atoms with Gasteiger partial charge >= 0.3 is 19.8 Å². The average molecular weight is 409 g/mol.